The fourth-order valence-electron chi connectivity index (χ4n) is 1.08. The first kappa shape index (κ1) is 11.7. The normalized spacial score (nSPS) is 10.1. The van der Waals surface area contributed by atoms with Crippen LogP contribution in [-0.2, 0) is 4.79 Å². The van der Waals surface area contributed by atoms with Gasteiger partial charge in [0.15, 0.2) is 0 Å². The standard InChI is InChI=1S/C11H14N2OS/c1-7(2)11(14)13-9-6-4-3-5-8(9)10(12)15/h3-7H,1-2H3,(H2,12,15)(H,13,14). The van der Waals surface area contributed by atoms with Crippen molar-refractivity contribution in [3.63, 3.8) is 0 Å². The smallest absolute Gasteiger partial charge is 0.226 e. The Hall–Kier alpha value is -1.42. The van der Waals surface area contributed by atoms with Crippen molar-refractivity contribution in [3.05, 3.63) is 29.8 Å². The molecule has 0 spiro atoms. The number of thiocarbonyl (C=S) groups is 1. The van der Waals surface area contributed by atoms with Gasteiger partial charge in [-0.1, -0.05) is 38.2 Å². The molecule has 0 fully saturated rings. The molecule has 3 N–H and O–H groups in total. The summed E-state index contributed by atoms with van der Waals surface area (Å²) in [5.41, 5.74) is 6.91. The molecule has 0 heterocycles. The number of anilines is 1. The Bertz CT molecular complexity index is 388. The predicted octanol–water partition coefficient (Wildman–Crippen LogP) is 1.92. The molecule has 1 aromatic rings. The molecule has 0 bridgehead atoms. The van der Waals surface area contributed by atoms with E-state index in [1.165, 1.54) is 0 Å². The quantitative estimate of drug-likeness (QED) is 0.768. The molecule has 0 unspecified atom stereocenters. The SMILES string of the molecule is CC(C)C(=O)Nc1ccccc1C(N)=S. The van der Waals surface area contributed by atoms with Crippen molar-refractivity contribution < 1.29 is 4.79 Å². The van der Waals surface area contributed by atoms with E-state index in [9.17, 15) is 4.79 Å². The minimum atomic E-state index is -0.0654. The third-order valence-corrected chi connectivity index (χ3v) is 2.19. The highest BCUT2D eigenvalue weighted by molar-refractivity contribution is 7.80. The number of hydrogen-bond acceptors (Lipinski definition) is 2. The van der Waals surface area contributed by atoms with Crippen molar-refractivity contribution in [1.29, 1.82) is 0 Å². The van der Waals surface area contributed by atoms with Crippen molar-refractivity contribution in [2.45, 2.75) is 13.8 Å². The number of hydrogen-bond donors (Lipinski definition) is 2. The van der Waals surface area contributed by atoms with E-state index in [1.807, 2.05) is 26.0 Å². The highest BCUT2D eigenvalue weighted by atomic mass is 32.1. The average Bonchev–Trinajstić information content (AvgIpc) is 2.18. The number of amides is 1. The lowest BCUT2D eigenvalue weighted by Crippen LogP contribution is -2.21. The van der Waals surface area contributed by atoms with E-state index in [4.69, 9.17) is 18.0 Å². The molecule has 0 radical (unpaired) electrons. The van der Waals surface area contributed by atoms with Gasteiger partial charge in [-0.15, -0.1) is 0 Å². The van der Waals surface area contributed by atoms with Gasteiger partial charge < -0.3 is 11.1 Å². The van der Waals surface area contributed by atoms with Crippen LogP contribution in [-0.4, -0.2) is 10.9 Å². The van der Waals surface area contributed by atoms with Crippen molar-refractivity contribution >= 4 is 28.8 Å². The maximum atomic E-state index is 11.5. The Morgan fingerprint density at radius 2 is 2.00 bits per heavy atom. The molecular weight excluding hydrogens is 208 g/mol. The first-order valence-electron chi connectivity index (χ1n) is 4.72. The largest absolute Gasteiger partial charge is 0.389 e. The molecule has 3 nitrogen and oxygen atoms in total. The zero-order chi connectivity index (χ0) is 11.4. The summed E-state index contributed by atoms with van der Waals surface area (Å²) in [6.45, 7) is 3.66. The van der Waals surface area contributed by atoms with Crippen LogP contribution in [0.5, 0.6) is 0 Å². The van der Waals surface area contributed by atoms with Crippen molar-refractivity contribution in [1.82, 2.24) is 0 Å². The van der Waals surface area contributed by atoms with Crippen molar-refractivity contribution in [2.75, 3.05) is 5.32 Å². The van der Waals surface area contributed by atoms with Crippen LogP contribution in [0.4, 0.5) is 5.69 Å². The molecular formula is C11H14N2OS. The van der Waals surface area contributed by atoms with Gasteiger partial charge in [-0.25, -0.2) is 0 Å². The summed E-state index contributed by atoms with van der Waals surface area (Å²) < 4.78 is 0. The Kier molecular flexibility index (Phi) is 3.80. The molecule has 0 aliphatic carbocycles. The van der Waals surface area contributed by atoms with E-state index in [2.05, 4.69) is 5.32 Å². The maximum Gasteiger partial charge on any atom is 0.226 e. The van der Waals surface area contributed by atoms with Gasteiger partial charge in [0.1, 0.15) is 4.99 Å². The van der Waals surface area contributed by atoms with E-state index in [0.717, 1.165) is 0 Å². The lowest BCUT2D eigenvalue weighted by atomic mass is 10.1. The fraction of sp³-hybridized carbons (Fsp3) is 0.273. The Morgan fingerprint density at radius 3 is 2.53 bits per heavy atom. The zero-order valence-corrected chi connectivity index (χ0v) is 9.60. The number of para-hydroxylation sites is 1. The number of nitrogens with one attached hydrogen (secondary N) is 1. The van der Waals surface area contributed by atoms with Crippen LogP contribution in [0.2, 0.25) is 0 Å². The number of nitrogens with two attached hydrogens (primary N) is 1. The maximum absolute atomic E-state index is 11.5. The minimum Gasteiger partial charge on any atom is -0.389 e. The van der Waals surface area contributed by atoms with Gasteiger partial charge in [0, 0.05) is 11.5 Å². The van der Waals surface area contributed by atoms with E-state index >= 15 is 0 Å². The molecule has 0 saturated carbocycles. The first-order chi connectivity index (χ1) is 7.02. The van der Waals surface area contributed by atoms with E-state index in [1.54, 1.807) is 12.1 Å². The molecule has 4 heteroatoms. The third kappa shape index (κ3) is 3.02. The van der Waals surface area contributed by atoms with Crippen LogP contribution < -0.4 is 11.1 Å². The van der Waals surface area contributed by atoms with E-state index in [-0.39, 0.29) is 16.8 Å². The summed E-state index contributed by atoms with van der Waals surface area (Å²) in [7, 11) is 0. The van der Waals surface area contributed by atoms with Gasteiger partial charge in [-0.3, -0.25) is 4.79 Å². The molecule has 0 atom stereocenters. The van der Waals surface area contributed by atoms with Gasteiger partial charge in [0.25, 0.3) is 0 Å². The fourth-order valence-corrected chi connectivity index (χ4v) is 1.26. The van der Waals surface area contributed by atoms with Gasteiger partial charge >= 0.3 is 0 Å². The Balaban J connectivity index is 2.94. The van der Waals surface area contributed by atoms with E-state index in [0.29, 0.717) is 11.3 Å². The zero-order valence-electron chi connectivity index (χ0n) is 8.78. The van der Waals surface area contributed by atoms with Crippen LogP contribution in [0.25, 0.3) is 0 Å². The lowest BCUT2D eigenvalue weighted by Gasteiger charge is -2.11. The second-order valence-electron chi connectivity index (χ2n) is 3.55. The van der Waals surface area contributed by atoms with Crippen molar-refractivity contribution in [3.8, 4) is 0 Å². The second kappa shape index (κ2) is 4.89. The molecule has 80 valence electrons. The number of rotatable bonds is 3. The first-order valence-corrected chi connectivity index (χ1v) is 5.13. The molecule has 1 aromatic carbocycles. The summed E-state index contributed by atoms with van der Waals surface area (Å²) in [6, 6.07) is 7.24. The minimum absolute atomic E-state index is 0.0429. The number of carbonyl (C=O) groups excluding carboxylic acids is 1. The molecule has 1 rings (SSSR count). The van der Waals surface area contributed by atoms with E-state index < -0.39 is 0 Å². The second-order valence-corrected chi connectivity index (χ2v) is 3.99. The summed E-state index contributed by atoms with van der Waals surface area (Å²) in [4.78, 5) is 11.8. The number of carbonyl (C=O) groups is 1. The van der Waals surface area contributed by atoms with Gasteiger partial charge in [0.2, 0.25) is 5.91 Å². The van der Waals surface area contributed by atoms with Gasteiger partial charge in [0.05, 0.1) is 5.69 Å². The van der Waals surface area contributed by atoms with Crippen LogP contribution in [0.3, 0.4) is 0 Å². The highest BCUT2D eigenvalue weighted by Gasteiger charge is 2.10. The molecule has 0 aliphatic rings. The van der Waals surface area contributed by atoms with Crippen LogP contribution in [0, 0.1) is 5.92 Å². The predicted molar refractivity (Wildman–Crippen MR) is 65.8 cm³/mol. The summed E-state index contributed by atoms with van der Waals surface area (Å²) >= 11 is 4.89. The molecule has 0 aliphatic heterocycles. The van der Waals surface area contributed by atoms with Gasteiger partial charge in [-0.05, 0) is 12.1 Å². The topological polar surface area (TPSA) is 55.1 Å². The van der Waals surface area contributed by atoms with Gasteiger partial charge in [-0.2, -0.15) is 0 Å². The molecule has 0 aromatic heterocycles. The monoisotopic (exact) mass is 222 g/mol. The third-order valence-electron chi connectivity index (χ3n) is 1.97. The van der Waals surface area contributed by atoms with Crippen LogP contribution >= 0.6 is 12.2 Å². The highest BCUT2D eigenvalue weighted by Crippen LogP contribution is 2.15. The average molecular weight is 222 g/mol. The summed E-state index contributed by atoms with van der Waals surface area (Å²) in [5.74, 6) is -0.108. The number of benzene rings is 1. The summed E-state index contributed by atoms with van der Waals surface area (Å²) in [5, 5.41) is 2.78. The molecule has 1 amide bonds. The van der Waals surface area contributed by atoms with Crippen LogP contribution in [0.1, 0.15) is 19.4 Å². The van der Waals surface area contributed by atoms with Crippen LogP contribution in [0.15, 0.2) is 24.3 Å². The Morgan fingerprint density at radius 1 is 1.40 bits per heavy atom. The molecule has 0 saturated heterocycles. The molecule has 15 heavy (non-hydrogen) atoms. The van der Waals surface area contributed by atoms with Crippen molar-refractivity contribution in [2.24, 2.45) is 11.7 Å². The summed E-state index contributed by atoms with van der Waals surface area (Å²) in [6.07, 6.45) is 0. The lowest BCUT2D eigenvalue weighted by molar-refractivity contribution is -0.118. The Labute approximate surface area is 94.7 Å².